The van der Waals surface area contributed by atoms with Gasteiger partial charge in [0.1, 0.15) is 12.1 Å². The number of halogens is 4. The summed E-state index contributed by atoms with van der Waals surface area (Å²) in [6, 6.07) is 11.3. The molecule has 1 saturated heterocycles. The van der Waals surface area contributed by atoms with E-state index in [9.17, 15) is 17.6 Å². The van der Waals surface area contributed by atoms with E-state index in [4.69, 9.17) is 0 Å². The van der Waals surface area contributed by atoms with Crippen LogP contribution in [0.5, 0.6) is 0 Å². The fourth-order valence-electron chi connectivity index (χ4n) is 4.31. The van der Waals surface area contributed by atoms with Gasteiger partial charge in [-0.2, -0.15) is 27.8 Å². The molecule has 32 heavy (non-hydrogen) atoms. The van der Waals surface area contributed by atoms with Gasteiger partial charge in [-0.1, -0.05) is 0 Å². The third-order valence-corrected chi connectivity index (χ3v) is 5.81. The Hall–Kier alpha value is -3.27. The Bertz CT molecular complexity index is 1230. The third kappa shape index (κ3) is 3.97. The van der Waals surface area contributed by atoms with Crippen LogP contribution in [0.2, 0.25) is 0 Å². The molecule has 1 fully saturated rings. The second-order valence-electron chi connectivity index (χ2n) is 7.96. The summed E-state index contributed by atoms with van der Waals surface area (Å²) in [5.41, 5.74) is 1.40. The molecule has 1 aliphatic heterocycles. The van der Waals surface area contributed by atoms with Crippen molar-refractivity contribution >= 4 is 5.78 Å². The number of benzene rings is 1. The van der Waals surface area contributed by atoms with E-state index in [0.717, 1.165) is 47.7 Å². The highest BCUT2D eigenvalue weighted by molar-refractivity contribution is 5.35. The first-order valence-corrected chi connectivity index (χ1v) is 10.3. The molecule has 0 aliphatic carbocycles. The lowest BCUT2D eigenvalue weighted by atomic mass is 9.94. The van der Waals surface area contributed by atoms with Crippen molar-refractivity contribution in [2.75, 3.05) is 13.1 Å². The highest BCUT2D eigenvalue weighted by atomic mass is 19.4. The van der Waals surface area contributed by atoms with Crippen LogP contribution in [0.3, 0.4) is 0 Å². The van der Waals surface area contributed by atoms with Gasteiger partial charge in [0.05, 0.1) is 5.69 Å². The van der Waals surface area contributed by atoms with Gasteiger partial charge in [0, 0.05) is 36.6 Å². The number of alkyl halides is 3. The van der Waals surface area contributed by atoms with Crippen LogP contribution < -0.4 is 0 Å². The smallest absolute Gasteiger partial charge is 0.320 e. The van der Waals surface area contributed by atoms with Gasteiger partial charge in [0.2, 0.25) is 0 Å². The van der Waals surface area contributed by atoms with Gasteiger partial charge in [-0.25, -0.2) is 9.37 Å². The summed E-state index contributed by atoms with van der Waals surface area (Å²) in [6.45, 7) is 2.05. The van der Waals surface area contributed by atoms with E-state index in [-0.39, 0.29) is 17.5 Å². The molecular formula is C22H20F4N6. The van der Waals surface area contributed by atoms with Crippen LogP contribution in [0.25, 0.3) is 11.5 Å². The van der Waals surface area contributed by atoms with Gasteiger partial charge in [-0.15, -0.1) is 0 Å². The molecule has 0 amide bonds. The number of hydrogen-bond acceptors (Lipinski definition) is 4. The SMILES string of the molecule is Fc1ccc(-n2cccc2CN2CCCC(c3cc(C(F)(F)F)n4ncnc4n3)C2)cc1. The minimum Gasteiger partial charge on any atom is -0.320 e. The first-order valence-electron chi connectivity index (χ1n) is 10.3. The van der Waals surface area contributed by atoms with Gasteiger partial charge in [0.25, 0.3) is 5.78 Å². The van der Waals surface area contributed by atoms with E-state index in [1.165, 1.54) is 12.1 Å². The molecule has 3 aromatic heterocycles. The molecule has 5 rings (SSSR count). The van der Waals surface area contributed by atoms with Gasteiger partial charge in [-0.3, -0.25) is 4.90 Å². The standard InChI is InChI=1S/C22H20F4N6/c23-16-5-7-17(8-6-16)31-10-2-4-18(31)13-30-9-1-3-15(12-30)19-11-20(22(24,25)26)32-21(29-19)27-14-28-32/h2,4-8,10-11,14-15H,1,3,9,12-13H2. The average molecular weight is 444 g/mol. The highest BCUT2D eigenvalue weighted by Crippen LogP contribution is 2.33. The fourth-order valence-corrected chi connectivity index (χ4v) is 4.31. The Balaban J connectivity index is 1.38. The molecule has 10 heteroatoms. The highest BCUT2D eigenvalue weighted by Gasteiger charge is 2.36. The van der Waals surface area contributed by atoms with Crippen molar-refractivity contribution in [1.82, 2.24) is 29.0 Å². The summed E-state index contributed by atoms with van der Waals surface area (Å²) >= 11 is 0. The Kier molecular flexibility index (Phi) is 5.16. The molecule has 0 bridgehead atoms. The zero-order valence-corrected chi connectivity index (χ0v) is 17.0. The van der Waals surface area contributed by atoms with Crippen molar-refractivity contribution in [3.8, 4) is 5.69 Å². The van der Waals surface area contributed by atoms with Crippen molar-refractivity contribution in [3.63, 3.8) is 0 Å². The van der Waals surface area contributed by atoms with E-state index < -0.39 is 11.9 Å². The minimum absolute atomic E-state index is 0.0443. The van der Waals surface area contributed by atoms with Crippen LogP contribution in [0.15, 0.2) is 55.0 Å². The molecule has 1 aromatic carbocycles. The summed E-state index contributed by atoms with van der Waals surface area (Å²) in [5.74, 6) is -0.477. The second-order valence-corrected chi connectivity index (χ2v) is 7.96. The van der Waals surface area contributed by atoms with Crippen molar-refractivity contribution in [2.24, 2.45) is 0 Å². The van der Waals surface area contributed by atoms with Gasteiger partial charge in [-0.05, 0) is 61.9 Å². The van der Waals surface area contributed by atoms with Crippen LogP contribution in [-0.2, 0) is 12.7 Å². The maximum atomic E-state index is 13.5. The van der Waals surface area contributed by atoms with E-state index in [0.29, 0.717) is 18.8 Å². The molecular weight excluding hydrogens is 424 g/mol. The number of likely N-dealkylation sites (tertiary alicyclic amines) is 1. The van der Waals surface area contributed by atoms with Gasteiger partial charge >= 0.3 is 6.18 Å². The number of aromatic nitrogens is 5. The molecule has 1 unspecified atom stereocenters. The molecule has 0 radical (unpaired) electrons. The van der Waals surface area contributed by atoms with Crippen LogP contribution in [0.4, 0.5) is 17.6 Å². The molecule has 4 aromatic rings. The molecule has 1 atom stereocenters. The predicted octanol–water partition coefficient (Wildman–Crippen LogP) is 4.45. The summed E-state index contributed by atoms with van der Waals surface area (Å²) in [4.78, 5) is 10.5. The predicted molar refractivity (Wildman–Crippen MR) is 109 cm³/mol. The molecule has 166 valence electrons. The molecule has 0 spiro atoms. The Morgan fingerprint density at radius 1 is 1.09 bits per heavy atom. The van der Waals surface area contributed by atoms with Crippen LogP contribution in [-0.4, -0.2) is 42.1 Å². The quantitative estimate of drug-likeness (QED) is 0.437. The minimum atomic E-state index is -4.55. The number of rotatable bonds is 4. The number of piperidine rings is 1. The maximum absolute atomic E-state index is 13.5. The van der Waals surface area contributed by atoms with Crippen molar-refractivity contribution in [1.29, 1.82) is 0 Å². The van der Waals surface area contributed by atoms with Crippen molar-refractivity contribution < 1.29 is 17.6 Å². The molecule has 6 nitrogen and oxygen atoms in total. The third-order valence-electron chi connectivity index (χ3n) is 5.81. The van der Waals surface area contributed by atoms with Gasteiger partial charge in [0.15, 0.2) is 5.69 Å². The Morgan fingerprint density at radius 2 is 1.91 bits per heavy atom. The monoisotopic (exact) mass is 444 g/mol. The first kappa shape index (κ1) is 20.6. The first-order chi connectivity index (χ1) is 15.4. The normalized spacial score (nSPS) is 17.8. The van der Waals surface area contributed by atoms with Crippen LogP contribution in [0.1, 0.15) is 35.8 Å². The molecule has 0 saturated carbocycles. The Morgan fingerprint density at radius 3 is 2.69 bits per heavy atom. The van der Waals surface area contributed by atoms with Crippen molar-refractivity contribution in [3.05, 3.63) is 77.9 Å². The second kappa shape index (κ2) is 8.01. The van der Waals surface area contributed by atoms with Crippen LogP contribution >= 0.6 is 0 Å². The summed E-state index contributed by atoms with van der Waals surface area (Å²) in [6.07, 6.45) is 0.0550. The average Bonchev–Trinajstić information content (AvgIpc) is 3.42. The lowest BCUT2D eigenvalue weighted by molar-refractivity contribution is -0.142. The zero-order valence-electron chi connectivity index (χ0n) is 17.0. The zero-order chi connectivity index (χ0) is 22.3. The summed E-state index contributed by atoms with van der Waals surface area (Å²) in [5, 5.41) is 3.67. The molecule has 0 N–H and O–H groups in total. The van der Waals surface area contributed by atoms with E-state index in [1.807, 2.05) is 22.9 Å². The molecule has 4 heterocycles. The number of hydrogen-bond donors (Lipinski definition) is 0. The maximum Gasteiger partial charge on any atom is 0.433 e. The van der Waals surface area contributed by atoms with E-state index >= 15 is 0 Å². The van der Waals surface area contributed by atoms with E-state index in [1.54, 1.807) is 12.1 Å². The largest absolute Gasteiger partial charge is 0.433 e. The molecule has 1 aliphatic rings. The lowest BCUT2D eigenvalue weighted by Crippen LogP contribution is -2.35. The summed E-state index contributed by atoms with van der Waals surface area (Å²) in [7, 11) is 0. The number of fused-ring (bicyclic) bond motifs is 1. The topological polar surface area (TPSA) is 51.2 Å². The van der Waals surface area contributed by atoms with Crippen molar-refractivity contribution in [2.45, 2.75) is 31.5 Å². The fraction of sp³-hybridized carbons (Fsp3) is 0.318. The van der Waals surface area contributed by atoms with Gasteiger partial charge < -0.3 is 4.57 Å². The lowest BCUT2D eigenvalue weighted by Gasteiger charge is -2.32. The van der Waals surface area contributed by atoms with Crippen LogP contribution in [0, 0.1) is 5.82 Å². The number of nitrogens with zero attached hydrogens (tertiary/aromatic N) is 6. The summed E-state index contributed by atoms with van der Waals surface area (Å²) < 4.78 is 56.7. The Labute approximate surface area is 181 Å². The van der Waals surface area contributed by atoms with E-state index in [2.05, 4.69) is 20.0 Å².